The Morgan fingerprint density at radius 2 is 1.90 bits per heavy atom. The fraction of sp³-hybridized carbons (Fsp3) is 0.452. The summed E-state index contributed by atoms with van der Waals surface area (Å²) in [6, 6.07) is 12.2. The van der Waals surface area contributed by atoms with Crippen LogP contribution in [0.25, 0.3) is 0 Å². The van der Waals surface area contributed by atoms with Crippen LogP contribution in [0.15, 0.2) is 54.3 Å². The quantitative estimate of drug-likeness (QED) is 0.331. The number of carboxylic acid groups (broad SMARTS) is 1. The number of carboxylic acids is 1. The van der Waals surface area contributed by atoms with Crippen LogP contribution in [0.3, 0.4) is 0 Å². The lowest BCUT2D eigenvalue weighted by Gasteiger charge is -2.61. The molecule has 10 heteroatoms. The summed E-state index contributed by atoms with van der Waals surface area (Å²) < 4.78 is 12.5. The molecule has 216 valence electrons. The average Bonchev–Trinajstić information content (AvgIpc) is 3.31. The van der Waals surface area contributed by atoms with E-state index in [-0.39, 0.29) is 31.2 Å². The number of hydrogen-bond donors (Lipinski definition) is 4. The molecular formula is C31H33NO9. The first kappa shape index (κ1) is 27.6. The third kappa shape index (κ3) is 4.12. The maximum atomic E-state index is 13.8. The molecule has 0 saturated carbocycles. The number of ketones is 1. The normalized spacial score (nSPS) is 29.0. The van der Waals surface area contributed by atoms with Crippen LogP contribution in [-0.2, 0) is 37.6 Å². The first-order chi connectivity index (χ1) is 19.6. The zero-order valence-electron chi connectivity index (χ0n) is 22.7. The molecule has 2 aromatic rings. The van der Waals surface area contributed by atoms with Crippen LogP contribution in [0, 0.1) is 0 Å². The van der Waals surface area contributed by atoms with Gasteiger partial charge in [-0.15, -0.1) is 0 Å². The molecule has 1 saturated heterocycles. The van der Waals surface area contributed by atoms with E-state index in [0.29, 0.717) is 36.3 Å². The van der Waals surface area contributed by atoms with Crippen molar-refractivity contribution in [3.8, 4) is 5.75 Å². The van der Waals surface area contributed by atoms with Crippen molar-refractivity contribution in [1.82, 2.24) is 4.90 Å². The summed E-state index contributed by atoms with van der Waals surface area (Å²) >= 11 is 0. The topological polar surface area (TPSA) is 154 Å². The number of benzene rings is 2. The predicted octanol–water partition coefficient (Wildman–Crippen LogP) is 1.58. The zero-order valence-corrected chi connectivity index (χ0v) is 22.7. The second-order valence-electron chi connectivity index (χ2n) is 11.6. The van der Waals surface area contributed by atoms with E-state index in [1.54, 1.807) is 36.4 Å². The molecule has 4 N–H and O–H groups in total. The molecule has 1 fully saturated rings. The predicted molar refractivity (Wildman–Crippen MR) is 144 cm³/mol. The summed E-state index contributed by atoms with van der Waals surface area (Å²) in [6.07, 6.45) is -0.560. The van der Waals surface area contributed by atoms with E-state index < -0.39 is 53.3 Å². The molecule has 2 aliphatic heterocycles. The first-order valence-corrected chi connectivity index (χ1v) is 13.9. The number of likely N-dealkylation sites (N-methyl/N-ethyl adjacent to an activating group) is 1. The summed E-state index contributed by atoms with van der Waals surface area (Å²) in [5.41, 5.74) is 0.959. The average molecular weight is 564 g/mol. The molecule has 2 aromatic carbocycles. The van der Waals surface area contributed by atoms with Gasteiger partial charge in [-0.05, 0) is 43.6 Å². The van der Waals surface area contributed by atoms with E-state index >= 15 is 0 Å². The Morgan fingerprint density at radius 1 is 1.15 bits per heavy atom. The fourth-order valence-electron chi connectivity index (χ4n) is 7.46. The van der Waals surface area contributed by atoms with Crippen molar-refractivity contribution in [2.75, 3.05) is 13.6 Å². The van der Waals surface area contributed by atoms with Crippen molar-refractivity contribution >= 4 is 17.7 Å². The largest absolute Gasteiger partial charge is 0.481 e. The molecule has 6 rings (SSSR count). The van der Waals surface area contributed by atoms with Gasteiger partial charge in [0.2, 0.25) is 0 Å². The lowest BCUT2D eigenvalue weighted by molar-refractivity contribution is -0.170. The Labute approximate surface area is 236 Å². The number of likely N-dealkylation sites (tertiary alicyclic amines) is 1. The Kier molecular flexibility index (Phi) is 6.77. The van der Waals surface area contributed by atoms with Gasteiger partial charge >= 0.3 is 11.9 Å². The monoisotopic (exact) mass is 563 g/mol. The number of Topliss-reactive ketones (excluding diaryl/α,β-unsaturated/α-hetero) is 1. The van der Waals surface area contributed by atoms with Gasteiger partial charge in [0.1, 0.15) is 17.3 Å². The van der Waals surface area contributed by atoms with Crippen LogP contribution in [0.2, 0.25) is 0 Å². The lowest BCUT2D eigenvalue weighted by Crippen LogP contribution is -2.74. The van der Waals surface area contributed by atoms with E-state index in [0.717, 1.165) is 11.1 Å². The van der Waals surface area contributed by atoms with Gasteiger partial charge in [-0.25, -0.2) is 4.79 Å². The molecular weight excluding hydrogens is 530 g/mol. The molecule has 0 amide bonds. The van der Waals surface area contributed by atoms with E-state index in [2.05, 4.69) is 4.90 Å². The maximum absolute atomic E-state index is 13.8. The van der Waals surface area contributed by atoms with Gasteiger partial charge in [0.25, 0.3) is 0 Å². The number of aliphatic hydroxyl groups excluding tert-OH is 2. The molecule has 1 spiro atoms. The van der Waals surface area contributed by atoms with Crippen LogP contribution >= 0.6 is 0 Å². The maximum Gasteiger partial charge on any atom is 0.332 e. The van der Waals surface area contributed by atoms with Crippen molar-refractivity contribution in [2.45, 2.75) is 73.9 Å². The molecule has 0 aromatic heterocycles. The highest BCUT2D eigenvalue weighted by atomic mass is 16.6. The van der Waals surface area contributed by atoms with E-state index in [4.69, 9.17) is 14.6 Å². The number of aliphatic carboxylic acids is 1. The lowest BCUT2D eigenvalue weighted by atomic mass is 9.50. The van der Waals surface area contributed by atoms with Crippen LogP contribution in [-0.4, -0.2) is 80.5 Å². The molecule has 10 nitrogen and oxygen atoms in total. The van der Waals surface area contributed by atoms with Crippen molar-refractivity contribution < 1.29 is 44.3 Å². The van der Waals surface area contributed by atoms with Gasteiger partial charge in [0, 0.05) is 36.4 Å². The molecule has 2 aliphatic carbocycles. The fourth-order valence-corrected chi connectivity index (χ4v) is 7.46. The SMILES string of the molecule is CN1CCC23c4c5ccc(CO)c4OC2C(OC(=O)[C@@H](CC(=O)C[C@H](O)C(=O)O)c2ccccc2)=CC[C@@]3(O)[C@H]1C5. The Balaban J connectivity index is 1.35. The molecule has 41 heavy (non-hydrogen) atoms. The molecule has 4 aliphatic rings. The number of carbonyl (C=O) groups is 3. The molecule has 6 atom stereocenters. The Bertz CT molecular complexity index is 1440. The highest BCUT2D eigenvalue weighted by Gasteiger charge is 2.72. The number of hydrogen-bond acceptors (Lipinski definition) is 9. The highest BCUT2D eigenvalue weighted by Crippen LogP contribution is 2.64. The summed E-state index contributed by atoms with van der Waals surface area (Å²) in [5.74, 6) is -3.10. The zero-order chi connectivity index (χ0) is 29.1. The first-order valence-electron chi connectivity index (χ1n) is 13.9. The van der Waals surface area contributed by atoms with Crippen LogP contribution in [0.4, 0.5) is 0 Å². The van der Waals surface area contributed by atoms with E-state index in [1.807, 2.05) is 19.2 Å². The minimum Gasteiger partial charge on any atom is -0.481 e. The van der Waals surface area contributed by atoms with Crippen molar-refractivity contribution in [1.29, 1.82) is 0 Å². The third-order valence-electron chi connectivity index (χ3n) is 9.47. The van der Waals surface area contributed by atoms with Crippen molar-refractivity contribution in [3.63, 3.8) is 0 Å². The van der Waals surface area contributed by atoms with Crippen molar-refractivity contribution in [3.05, 3.63) is 76.6 Å². The summed E-state index contributed by atoms with van der Waals surface area (Å²) in [5, 5.41) is 41.1. The number of ether oxygens (including phenoxy) is 2. The number of rotatable bonds is 9. The van der Waals surface area contributed by atoms with Gasteiger partial charge < -0.3 is 34.8 Å². The minimum atomic E-state index is -1.86. The van der Waals surface area contributed by atoms with Gasteiger partial charge in [-0.2, -0.15) is 0 Å². The molecule has 0 radical (unpaired) electrons. The Hall–Kier alpha value is -3.57. The van der Waals surface area contributed by atoms with E-state index in [1.165, 1.54) is 0 Å². The number of aliphatic hydroxyl groups is 3. The second-order valence-corrected chi connectivity index (χ2v) is 11.6. The highest BCUT2D eigenvalue weighted by molar-refractivity contribution is 5.90. The number of esters is 1. The van der Waals surface area contributed by atoms with Crippen LogP contribution < -0.4 is 4.74 Å². The van der Waals surface area contributed by atoms with Crippen molar-refractivity contribution in [2.24, 2.45) is 0 Å². The summed E-state index contributed by atoms with van der Waals surface area (Å²) in [4.78, 5) is 39.7. The molecule has 2 bridgehead atoms. The van der Waals surface area contributed by atoms with Gasteiger partial charge in [0.05, 0.1) is 23.5 Å². The molecule has 2 unspecified atom stereocenters. The smallest absolute Gasteiger partial charge is 0.332 e. The van der Waals surface area contributed by atoms with Crippen LogP contribution in [0.1, 0.15) is 53.9 Å². The standard InChI is InChI=1S/C31H33NO9/c1-32-12-11-30-25-18-7-8-19(16-33)26(25)41-27(30)23(9-10-31(30,39)24(32)13-18)40-29(38)21(17-5-3-2-4-6-17)14-20(34)15-22(35)28(36)37/h2-9,21-22,24,27,33,35,39H,10-16H2,1H3,(H,36,37)/t21-,22-,24+,27?,30?,31+/m0/s1. The van der Waals surface area contributed by atoms with Crippen LogP contribution in [0.5, 0.6) is 5.75 Å². The third-order valence-corrected chi connectivity index (χ3v) is 9.47. The van der Waals surface area contributed by atoms with Gasteiger partial charge in [-0.1, -0.05) is 42.5 Å². The van der Waals surface area contributed by atoms with Gasteiger partial charge in [-0.3, -0.25) is 9.59 Å². The Morgan fingerprint density at radius 3 is 2.61 bits per heavy atom. The second kappa shape index (κ2) is 10.1. The summed E-state index contributed by atoms with van der Waals surface area (Å²) in [6.45, 7) is 0.454. The van der Waals surface area contributed by atoms with E-state index in [9.17, 15) is 29.7 Å². The minimum absolute atomic E-state index is 0.176. The molecule has 2 heterocycles. The number of nitrogens with zero attached hydrogens (tertiary/aromatic N) is 1. The van der Waals surface area contributed by atoms with Gasteiger partial charge in [0.15, 0.2) is 12.2 Å². The number of carbonyl (C=O) groups excluding carboxylic acids is 2. The summed E-state index contributed by atoms with van der Waals surface area (Å²) in [7, 11) is 2.00. The number of piperidine rings is 1.